The number of rotatable bonds is 7. The van der Waals surface area contributed by atoms with Crippen LogP contribution in [0.4, 0.5) is 5.13 Å². The number of carbonyl (C=O) groups excluding carboxylic acids is 3. The molecule has 3 heterocycles. The fraction of sp³-hybridized carbons (Fsp3) is 0.520. The molecule has 1 aromatic carbocycles. The summed E-state index contributed by atoms with van der Waals surface area (Å²) in [7, 11) is 0. The number of anilines is 1. The van der Waals surface area contributed by atoms with E-state index in [1.807, 2.05) is 47.5 Å². The number of hydrogen-bond donors (Lipinski definition) is 1. The highest BCUT2D eigenvalue weighted by Gasteiger charge is 2.34. The average molecular weight is 485 g/mol. The molecule has 0 spiro atoms. The maximum absolute atomic E-state index is 13.1. The molecule has 0 saturated carbocycles. The molecular formula is C25H32N4O4S. The average Bonchev–Trinajstić information content (AvgIpc) is 3.28. The van der Waals surface area contributed by atoms with Gasteiger partial charge in [-0.3, -0.25) is 14.4 Å². The van der Waals surface area contributed by atoms with Gasteiger partial charge in [0.05, 0.1) is 24.6 Å². The largest absolute Gasteiger partial charge is 0.493 e. The van der Waals surface area contributed by atoms with Crippen LogP contribution in [0, 0.1) is 18.8 Å². The van der Waals surface area contributed by atoms with E-state index in [4.69, 9.17) is 4.74 Å². The van der Waals surface area contributed by atoms with E-state index in [9.17, 15) is 14.4 Å². The van der Waals surface area contributed by atoms with E-state index in [0.29, 0.717) is 57.2 Å². The molecule has 2 aliphatic rings. The van der Waals surface area contributed by atoms with Crippen molar-refractivity contribution < 1.29 is 19.1 Å². The van der Waals surface area contributed by atoms with Crippen LogP contribution in [0.1, 0.15) is 37.8 Å². The van der Waals surface area contributed by atoms with E-state index in [-0.39, 0.29) is 29.6 Å². The highest BCUT2D eigenvalue weighted by Crippen LogP contribution is 2.25. The zero-order chi connectivity index (χ0) is 23.9. The third kappa shape index (κ3) is 6.34. The van der Waals surface area contributed by atoms with Gasteiger partial charge >= 0.3 is 0 Å². The first-order valence-electron chi connectivity index (χ1n) is 12.0. The number of thiazole rings is 1. The molecule has 1 unspecified atom stereocenters. The molecule has 2 aromatic rings. The van der Waals surface area contributed by atoms with Crippen LogP contribution in [-0.2, 0) is 14.4 Å². The van der Waals surface area contributed by atoms with Crippen LogP contribution in [0.3, 0.4) is 0 Å². The molecule has 0 aliphatic carbocycles. The van der Waals surface area contributed by atoms with Crippen molar-refractivity contribution in [2.75, 3.05) is 38.1 Å². The Hall–Kier alpha value is -2.94. The zero-order valence-corrected chi connectivity index (χ0v) is 20.4. The van der Waals surface area contributed by atoms with Crippen molar-refractivity contribution in [1.29, 1.82) is 0 Å². The van der Waals surface area contributed by atoms with Gasteiger partial charge in [0.1, 0.15) is 5.75 Å². The van der Waals surface area contributed by atoms with E-state index in [1.54, 1.807) is 4.90 Å². The van der Waals surface area contributed by atoms with E-state index in [1.165, 1.54) is 11.3 Å². The quantitative estimate of drug-likeness (QED) is 0.651. The number of para-hydroxylation sites is 1. The van der Waals surface area contributed by atoms with Crippen molar-refractivity contribution in [2.45, 2.75) is 39.0 Å². The minimum atomic E-state index is -0.170. The van der Waals surface area contributed by atoms with Crippen molar-refractivity contribution in [3.63, 3.8) is 0 Å². The van der Waals surface area contributed by atoms with E-state index < -0.39 is 0 Å². The molecule has 2 saturated heterocycles. The van der Waals surface area contributed by atoms with Gasteiger partial charge in [-0.15, -0.1) is 11.3 Å². The Bertz CT molecular complexity index is 988. The number of benzene rings is 1. The van der Waals surface area contributed by atoms with Crippen LogP contribution in [-0.4, -0.2) is 65.3 Å². The predicted octanol–water partition coefficient (Wildman–Crippen LogP) is 3.34. The Balaban J connectivity index is 1.20. The van der Waals surface area contributed by atoms with Crippen LogP contribution in [0.5, 0.6) is 5.75 Å². The lowest BCUT2D eigenvalue weighted by Gasteiger charge is -2.37. The SMILES string of the molecule is Cc1csc(NC(=O)C2CCN(C(=O)C3CCCN(C(=O)CCOc4ccccc4)C3)CC2)n1. The predicted molar refractivity (Wildman–Crippen MR) is 131 cm³/mol. The molecule has 4 rings (SSSR count). The number of ether oxygens (including phenoxy) is 1. The van der Waals surface area contributed by atoms with Gasteiger partial charge in [0.2, 0.25) is 17.7 Å². The number of amides is 3. The van der Waals surface area contributed by atoms with Crippen molar-refractivity contribution >= 4 is 34.2 Å². The number of carbonyl (C=O) groups is 3. The van der Waals surface area contributed by atoms with Crippen LogP contribution in [0.15, 0.2) is 35.7 Å². The van der Waals surface area contributed by atoms with Crippen molar-refractivity contribution in [3.8, 4) is 5.75 Å². The Morgan fingerprint density at radius 2 is 1.82 bits per heavy atom. The number of aryl methyl sites for hydroxylation is 1. The third-order valence-electron chi connectivity index (χ3n) is 6.48. The Kier molecular flexibility index (Phi) is 8.16. The molecule has 1 aromatic heterocycles. The first-order valence-corrected chi connectivity index (χ1v) is 12.8. The van der Waals surface area contributed by atoms with Gasteiger partial charge in [-0.05, 0) is 44.7 Å². The molecular weight excluding hydrogens is 452 g/mol. The van der Waals surface area contributed by atoms with Crippen LogP contribution >= 0.6 is 11.3 Å². The first-order chi connectivity index (χ1) is 16.5. The summed E-state index contributed by atoms with van der Waals surface area (Å²) in [5.41, 5.74) is 0.893. The Morgan fingerprint density at radius 3 is 2.53 bits per heavy atom. The summed E-state index contributed by atoms with van der Waals surface area (Å²) in [5, 5.41) is 5.43. The van der Waals surface area contributed by atoms with E-state index in [0.717, 1.165) is 24.3 Å². The number of nitrogens with one attached hydrogen (secondary N) is 1. The summed E-state index contributed by atoms with van der Waals surface area (Å²) in [6.07, 6.45) is 3.22. The van der Waals surface area contributed by atoms with E-state index >= 15 is 0 Å². The highest BCUT2D eigenvalue weighted by molar-refractivity contribution is 7.13. The lowest BCUT2D eigenvalue weighted by molar-refractivity contribution is -0.143. The summed E-state index contributed by atoms with van der Waals surface area (Å²) in [4.78, 5) is 46.3. The number of aromatic nitrogens is 1. The van der Waals surface area contributed by atoms with E-state index in [2.05, 4.69) is 10.3 Å². The Labute approximate surface area is 204 Å². The van der Waals surface area contributed by atoms with Crippen molar-refractivity contribution in [2.24, 2.45) is 11.8 Å². The summed E-state index contributed by atoms with van der Waals surface area (Å²) in [6.45, 7) is 4.52. The zero-order valence-electron chi connectivity index (χ0n) is 19.6. The fourth-order valence-electron chi connectivity index (χ4n) is 4.58. The molecule has 34 heavy (non-hydrogen) atoms. The summed E-state index contributed by atoms with van der Waals surface area (Å²) >= 11 is 1.42. The minimum absolute atomic E-state index is 0.0198. The number of nitrogens with zero attached hydrogens (tertiary/aromatic N) is 3. The molecule has 9 heteroatoms. The van der Waals surface area contributed by atoms with Crippen molar-refractivity contribution in [1.82, 2.24) is 14.8 Å². The number of likely N-dealkylation sites (tertiary alicyclic amines) is 2. The monoisotopic (exact) mass is 484 g/mol. The lowest BCUT2D eigenvalue weighted by Crippen LogP contribution is -2.49. The smallest absolute Gasteiger partial charge is 0.229 e. The number of hydrogen-bond acceptors (Lipinski definition) is 6. The second kappa shape index (κ2) is 11.5. The topological polar surface area (TPSA) is 91.8 Å². The van der Waals surface area contributed by atoms with Gasteiger partial charge in [-0.1, -0.05) is 18.2 Å². The molecule has 0 radical (unpaired) electrons. The second-order valence-corrected chi connectivity index (χ2v) is 9.83. The molecule has 8 nitrogen and oxygen atoms in total. The molecule has 182 valence electrons. The number of piperidine rings is 2. The molecule has 2 aliphatic heterocycles. The summed E-state index contributed by atoms with van der Waals surface area (Å²) in [6, 6.07) is 9.45. The molecule has 1 atom stereocenters. The summed E-state index contributed by atoms with van der Waals surface area (Å²) < 4.78 is 5.65. The fourth-order valence-corrected chi connectivity index (χ4v) is 5.27. The third-order valence-corrected chi connectivity index (χ3v) is 7.35. The highest BCUT2D eigenvalue weighted by atomic mass is 32.1. The minimum Gasteiger partial charge on any atom is -0.493 e. The maximum Gasteiger partial charge on any atom is 0.229 e. The van der Waals surface area contributed by atoms with Crippen LogP contribution in [0.25, 0.3) is 0 Å². The molecule has 3 amide bonds. The van der Waals surface area contributed by atoms with Crippen molar-refractivity contribution in [3.05, 3.63) is 41.4 Å². The van der Waals surface area contributed by atoms with Gasteiger partial charge in [0, 0.05) is 37.5 Å². The molecule has 1 N–H and O–H groups in total. The van der Waals surface area contributed by atoms with Crippen LogP contribution < -0.4 is 10.1 Å². The molecule has 0 bridgehead atoms. The van der Waals surface area contributed by atoms with Gasteiger partial charge in [0.25, 0.3) is 0 Å². The van der Waals surface area contributed by atoms with Crippen LogP contribution in [0.2, 0.25) is 0 Å². The summed E-state index contributed by atoms with van der Waals surface area (Å²) in [5.74, 6) is 0.585. The standard InChI is InChI=1S/C25H32N4O4S/c1-18-17-34-25(26-18)27-23(31)19-9-13-28(14-10-19)24(32)20-6-5-12-29(16-20)22(30)11-15-33-21-7-3-2-4-8-21/h2-4,7-8,17,19-20H,5-6,9-16H2,1H3,(H,26,27,31). The Morgan fingerprint density at radius 1 is 1.06 bits per heavy atom. The van der Waals surface area contributed by atoms with Gasteiger partial charge in [0.15, 0.2) is 5.13 Å². The lowest BCUT2D eigenvalue weighted by atomic mass is 9.92. The van der Waals surface area contributed by atoms with Gasteiger partial charge < -0.3 is 19.9 Å². The first kappa shape index (κ1) is 24.2. The maximum atomic E-state index is 13.1. The molecule has 2 fully saturated rings. The second-order valence-electron chi connectivity index (χ2n) is 8.97. The normalized spacial score (nSPS) is 19.0. The van der Waals surface area contributed by atoms with Gasteiger partial charge in [-0.25, -0.2) is 4.98 Å². The van der Waals surface area contributed by atoms with Gasteiger partial charge in [-0.2, -0.15) is 0 Å².